The minimum absolute atomic E-state index is 0.200. The van der Waals surface area contributed by atoms with E-state index in [9.17, 15) is 48.3 Å². The maximum atomic E-state index is 13.3. The molecule has 0 rings (SSSR count). The van der Waals surface area contributed by atoms with Gasteiger partial charge in [0.25, 0.3) is 0 Å². The Morgan fingerprint density at radius 3 is 1.57 bits per heavy atom. The fraction of sp³-hybridized carbons (Fsp3) is 0.818. The van der Waals surface area contributed by atoms with Crippen molar-refractivity contribution in [1.29, 1.82) is 0 Å². The number of halogens is 12. The molecule has 23 heavy (non-hydrogen) atoms. The van der Waals surface area contributed by atoms with Crippen LogP contribution in [0.15, 0.2) is 9.66 Å². The van der Waals surface area contributed by atoms with Gasteiger partial charge in [-0.1, -0.05) is 13.3 Å². The second kappa shape index (κ2) is 6.90. The highest BCUT2D eigenvalue weighted by Crippen LogP contribution is 2.57. The molecule has 138 valence electrons. The van der Waals surface area contributed by atoms with Gasteiger partial charge in [0.05, 0.1) is 0 Å². The Morgan fingerprint density at radius 1 is 0.783 bits per heavy atom. The molecule has 0 N–H and O–H groups in total. The molecule has 0 aliphatic carbocycles. The molecule has 0 amide bonds. The third-order valence-electron chi connectivity index (χ3n) is 2.67. The first-order chi connectivity index (χ1) is 9.95. The highest BCUT2D eigenvalue weighted by molar-refractivity contribution is 14.1. The monoisotopic (exact) mass is 478 g/mol. The first-order valence-corrected chi connectivity index (χ1v) is 6.98. The lowest BCUT2D eigenvalue weighted by Crippen LogP contribution is -2.66. The van der Waals surface area contributed by atoms with Gasteiger partial charge in [-0.3, -0.25) is 0 Å². The van der Waals surface area contributed by atoms with E-state index in [1.165, 1.54) is 0 Å². The van der Waals surface area contributed by atoms with Crippen LogP contribution in [0, 0.1) is 0 Å². The summed E-state index contributed by atoms with van der Waals surface area (Å²) in [5.74, 6) is -27.5. The lowest BCUT2D eigenvalue weighted by Gasteiger charge is -2.36. The summed E-state index contributed by atoms with van der Waals surface area (Å²) in [5.41, 5.74) is 0. The smallest absolute Gasteiger partial charge is 0.195 e. The van der Waals surface area contributed by atoms with Crippen molar-refractivity contribution in [2.24, 2.45) is 0 Å². The van der Waals surface area contributed by atoms with Crippen LogP contribution in [0.3, 0.4) is 0 Å². The van der Waals surface area contributed by atoms with E-state index >= 15 is 0 Å². The molecule has 0 spiro atoms. The van der Waals surface area contributed by atoms with E-state index in [2.05, 4.69) is 0 Å². The third kappa shape index (κ3) is 4.21. The van der Waals surface area contributed by atoms with Crippen molar-refractivity contribution in [1.82, 2.24) is 0 Å². The minimum atomic E-state index is -7.35. The molecule has 0 radical (unpaired) electrons. The Kier molecular flexibility index (Phi) is 6.81. The molecule has 0 aliphatic rings. The van der Waals surface area contributed by atoms with Gasteiger partial charge >= 0.3 is 29.9 Å². The zero-order valence-corrected chi connectivity index (χ0v) is 13.4. The molecule has 0 nitrogen and oxygen atoms in total. The molecule has 0 saturated heterocycles. The van der Waals surface area contributed by atoms with E-state index < -0.39 is 39.5 Å². The van der Waals surface area contributed by atoms with Gasteiger partial charge in [0.1, 0.15) is 0 Å². The lowest BCUT2D eigenvalue weighted by atomic mass is 9.97. The largest absolute Gasteiger partial charge is 0.460 e. The SMILES string of the molecule is CCCCC(I)=CC(F)(F)C(F)(F)C(F)(F)C(F)(F)C(F)(F)F. The Bertz CT molecular complexity index is 436. The fourth-order valence-electron chi connectivity index (χ4n) is 1.29. The summed E-state index contributed by atoms with van der Waals surface area (Å²) >= 11 is 1.09. The quantitative estimate of drug-likeness (QED) is 0.286. The molecule has 0 aromatic rings. The summed E-state index contributed by atoms with van der Waals surface area (Å²) in [4.78, 5) is 0. The van der Waals surface area contributed by atoms with E-state index in [0.29, 0.717) is 6.42 Å². The third-order valence-corrected chi connectivity index (χ3v) is 3.52. The summed E-state index contributed by atoms with van der Waals surface area (Å²) in [5, 5.41) is 0. The van der Waals surface area contributed by atoms with Crippen LogP contribution in [-0.2, 0) is 0 Å². The topological polar surface area (TPSA) is 0 Å². The standard InChI is InChI=1S/C11H10F11I/c1-2-3-4-6(23)5-7(12,13)8(14,15)9(16,17)10(18,19)11(20,21)22/h5H,2-4H2,1H3. The van der Waals surface area contributed by atoms with Crippen molar-refractivity contribution in [3.63, 3.8) is 0 Å². The first-order valence-electron chi connectivity index (χ1n) is 5.91. The molecular formula is C11H10F11I. The van der Waals surface area contributed by atoms with Crippen molar-refractivity contribution in [2.75, 3.05) is 0 Å². The van der Waals surface area contributed by atoms with E-state index in [4.69, 9.17) is 0 Å². The van der Waals surface area contributed by atoms with Crippen molar-refractivity contribution in [3.05, 3.63) is 9.66 Å². The average molecular weight is 478 g/mol. The summed E-state index contributed by atoms with van der Waals surface area (Å²) in [6, 6.07) is 0. The summed E-state index contributed by atoms with van der Waals surface area (Å²) in [6.45, 7) is 1.59. The molecule has 0 atom stereocenters. The molecule has 12 heteroatoms. The van der Waals surface area contributed by atoms with Crippen LogP contribution in [0.4, 0.5) is 48.3 Å². The van der Waals surface area contributed by atoms with Crippen LogP contribution >= 0.6 is 22.6 Å². The van der Waals surface area contributed by atoms with E-state index in [1.54, 1.807) is 6.92 Å². The normalized spacial score (nSPS) is 16.0. The molecule has 0 unspecified atom stereocenters. The van der Waals surface area contributed by atoms with Gasteiger partial charge in [0.2, 0.25) is 0 Å². The van der Waals surface area contributed by atoms with E-state index in [1.807, 2.05) is 0 Å². The van der Waals surface area contributed by atoms with Gasteiger partial charge in [-0.15, -0.1) is 0 Å². The van der Waals surface area contributed by atoms with Crippen LogP contribution in [0.1, 0.15) is 26.2 Å². The second-order valence-electron chi connectivity index (χ2n) is 4.54. The van der Waals surface area contributed by atoms with Crippen LogP contribution in [0.25, 0.3) is 0 Å². The van der Waals surface area contributed by atoms with Crippen molar-refractivity contribution < 1.29 is 48.3 Å². The molecule has 0 saturated carbocycles. The highest BCUT2D eigenvalue weighted by atomic mass is 127. The van der Waals surface area contributed by atoms with Gasteiger partial charge < -0.3 is 0 Å². The number of unbranched alkanes of at least 4 members (excludes halogenated alkanes) is 1. The first kappa shape index (κ1) is 22.7. The zero-order valence-electron chi connectivity index (χ0n) is 11.2. The average Bonchev–Trinajstić information content (AvgIpc) is 2.33. The van der Waals surface area contributed by atoms with Crippen LogP contribution in [0.5, 0.6) is 0 Å². The van der Waals surface area contributed by atoms with Crippen LogP contribution < -0.4 is 0 Å². The molecule has 0 bridgehead atoms. The molecule has 0 aromatic heterocycles. The van der Waals surface area contributed by atoms with Crippen LogP contribution in [0.2, 0.25) is 0 Å². The Labute approximate surface area is 137 Å². The maximum absolute atomic E-state index is 13.3. The van der Waals surface area contributed by atoms with Crippen molar-refractivity contribution in [3.8, 4) is 0 Å². The number of rotatable bonds is 7. The van der Waals surface area contributed by atoms with Crippen molar-refractivity contribution in [2.45, 2.75) is 56.1 Å². The summed E-state index contributed by atoms with van der Waals surface area (Å²) < 4.78 is 139. The maximum Gasteiger partial charge on any atom is 0.460 e. The lowest BCUT2D eigenvalue weighted by molar-refractivity contribution is -0.416. The van der Waals surface area contributed by atoms with Gasteiger partial charge in [0, 0.05) is 6.08 Å². The van der Waals surface area contributed by atoms with E-state index in [-0.39, 0.29) is 12.8 Å². The van der Waals surface area contributed by atoms with Crippen molar-refractivity contribution >= 4 is 22.6 Å². The van der Waals surface area contributed by atoms with Crippen LogP contribution in [-0.4, -0.2) is 29.9 Å². The Balaban J connectivity index is 5.85. The van der Waals surface area contributed by atoms with Gasteiger partial charge in [-0.25, -0.2) is 0 Å². The molecule has 0 heterocycles. The Morgan fingerprint density at radius 2 is 1.22 bits per heavy atom. The minimum Gasteiger partial charge on any atom is -0.195 e. The molecule has 0 aliphatic heterocycles. The predicted octanol–water partition coefficient (Wildman–Crippen LogP) is 6.60. The molecule has 0 fully saturated rings. The fourth-order valence-corrected chi connectivity index (χ4v) is 2.06. The molecule has 0 aromatic carbocycles. The Hall–Kier alpha value is -0.300. The summed E-state index contributed by atoms with van der Waals surface area (Å²) in [7, 11) is 0. The van der Waals surface area contributed by atoms with E-state index in [0.717, 1.165) is 22.6 Å². The number of alkyl halides is 11. The zero-order chi connectivity index (χ0) is 18.9. The summed E-state index contributed by atoms with van der Waals surface area (Å²) in [6.07, 6.45) is -7.47. The van der Waals surface area contributed by atoms with Gasteiger partial charge in [-0.2, -0.15) is 48.3 Å². The highest BCUT2D eigenvalue weighted by Gasteiger charge is 2.86. The number of allylic oxidation sites excluding steroid dienone is 2. The van der Waals surface area contributed by atoms with Gasteiger partial charge in [-0.05, 0) is 39.0 Å². The molecular weight excluding hydrogens is 468 g/mol. The number of hydrogen-bond acceptors (Lipinski definition) is 0. The second-order valence-corrected chi connectivity index (χ2v) is 5.92. The van der Waals surface area contributed by atoms with Gasteiger partial charge in [0.15, 0.2) is 0 Å². The number of hydrogen-bond donors (Lipinski definition) is 0. The predicted molar refractivity (Wildman–Crippen MR) is 67.5 cm³/mol.